The Morgan fingerprint density at radius 1 is 0.905 bits per heavy atom. The molecule has 0 aliphatic rings. The highest BCUT2D eigenvalue weighted by atomic mass is 32.3. The molecule has 0 aliphatic heterocycles. The van der Waals surface area contributed by atoms with Crippen molar-refractivity contribution in [2.24, 2.45) is 0 Å². The number of nitrogens with zero attached hydrogens (tertiary/aromatic N) is 1. The zero-order chi connectivity index (χ0) is 17.5. The highest BCUT2D eigenvalue weighted by molar-refractivity contribution is 8.04. The summed E-state index contributed by atoms with van der Waals surface area (Å²) in [6.45, 7) is 0.232. The minimum Gasteiger partial charge on any atom is -0.422 e. The predicted molar refractivity (Wildman–Crippen MR) is 61.8 cm³/mol. The summed E-state index contributed by atoms with van der Waals surface area (Å²) in [6, 6.07) is 0. The number of hydrogen-bond donors (Lipinski definition) is 0. The van der Waals surface area contributed by atoms with Crippen molar-refractivity contribution < 1.29 is 47.6 Å². The summed E-state index contributed by atoms with van der Waals surface area (Å²) >= 11 is 0. The van der Waals surface area contributed by atoms with E-state index in [0.717, 1.165) is 13.8 Å². The van der Waals surface area contributed by atoms with Crippen LogP contribution in [-0.2, 0) is 24.5 Å². The van der Waals surface area contributed by atoms with Crippen molar-refractivity contribution in [1.82, 2.24) is 3.71 Å². The van der Waals surface area contributed by atoms with Crippen molar-refractivity contribution in [3.05, 3.63) is 0 Å². The SMILES string of the molecule is CC(C)(CN(S(=O)(=O)C(F)(F)F)S(=O)(=O)C(F)(F)F)O[SiH3]. The van der Waals surface area contributed by atoms with Gasteiger partial charge in [0.1, 0.15) is 10.5 Å². The zero-order valence-electron chi connectivity index (χ0n) is 10.8. The second kappa shape index (κ2) is 5.67. The molecule has 0 atom stereocenters. The summed E-state index contributed by atoms with van der Waals surface area (Å²) in [5.41, 5.74) is -14.3. The van der Waals surface area contributed by atoms with Crippen LogP contribution in [0.5, 0.6) is 0 Å². The second-order valence-corrected chi connectivity index (χ2v) is 8.64. The summed E-state index contributed by atoms with van der Waals surface area (Å²) in [7, 11) is -13.7. The maximum atomic E-state index is 12.4. The molecule has 0 bridgehead atoms. The Morgan fingerprint density at radius 2 is 1.19 bits per heavy atom. The molecule has 0 aliphatic carbocycles. The summed E-state index contributed by atoms with van der Waals surface area (Å²) in [6.07, 6.45) is 0. The van der Waals surface area contributed by atoms with Gasteiger partial charge in [0.25, 0.3) is 0 Å². The van der Waals surface area contributed by atoms with Gasteiger partial charge >= 0.3 is 31.1 Å². The van der Waals surface area contributed by atoms with E-state index in [4.69, 9.17) is 0 Å². The number of rotatable bonds is 5. The first-order chi connectivity index (χ1) is 8.90. The zero-order valence-corrected chi connectivity index (χ0v) is 14.4. The van der Waals surface area contributed by atoms with Crippen LogP contribution >= 0.6 is 0 Å². The molecule has 6 nitrogen and oxygen atoms in total. The Bertz CT molecular complexity index is 536. The van der Waals surface area contributed by atoms with Crippen molar-refractivity contribution in [1.29, 1.82) is 0 Å². The van der Waals surface area contributed by atoms with E-state index >= 15 is 0 Å². The van der Waals surface area contributed by atoms with Crippen molar-refractivity contribution in [2.75, 3.05) is 6.54 Å². The van der Waals surface area contributed by atoms with E-state index in [1.165, 1.54) is 0 Å². The van der Waals surface area contributed by atoms with Crippen molar-refractivity contribution in [3.8, 4) is 0 Å². The summed E-state index contributed by atoms with van der Waals surface area (Å²) < 4.78 is 122. The molecule has 0 saturated heterocycles. The van der Waals surface area contributed by atoms with Gasteiger partial charge in [-0.1, -0.05) is 3.71 Å². The third-order valence-corrected chi connectivity index (χ3v) is 6.97. The fourth-order valence-electron chi connectivity index (χ4n) is 0.905. The van der Waals surface area contributed by atoms with Gasteiger partial charge in [-0.25, -0.2) is 16.8 Å². The Labute approximate surface area is 119 Å². The lowest BCUT2D eigenvalue weighted by atomic mass is 10.1. The lowest BCUT2D eigenvalue weighted by Crippen LogP contribution is -2.54. The number of halogens is 6. The lowest BCUT2D eigenvalue weighted by Gasteiger charge is -2.31. The van der Waals surface area contributed by atoms with Crippen molar-refractivity contribution >= 4 is 30.5 Å². The first-order valence-corrected chi connectivity index (χ1v) is 8.55. The number of sulfonamides is 2. The van der Waals surface area contributed by atoms with E-state index in [2.05, 4.69) is 4.43 Å². The molecule has 0 unspecified atom stereocenters. The summed E-state index contributed by atoms with van der Waals surface area (Å²) in [5, 5.41) is 0. The predicted octanol–water partition coefficient (Wildman–Crippen LogP) is 0.0632. The fraction of sp³-hybridized carbons (Fsp3) is 1.00. The monoisotopic (exact) mass is 383 g/mol. The lowest BCUT2D eigenvalue weighted by molar-refractivity contribution is -0.0547. The Hall–Kier alpha value is -0.383. The highest BCUT2D eigenvalue weighted by Gasteiger charge is 2.62. The van der Waals surface area contributed by atoms with Gasteiger partial charge in [-0.2, -0.15) is 26.3 Å². The maximum absolute atomic E-state index is 12.4. The van der Waals surface area contributed by atoms with E-state index in [1.807, 2.05) is 0 Å². The maximum Gasteiger partial charge on any atom is 0.512 e. The third kappa shape index (κ3) is 4.30. The van der Waals surface area contributed by atoms with Crippen LogP contribution in [0.3, 0.4) is 0 Å². The molecule has 128 valence electrons. The van der Waals surface area contributed by atoms with Gasteiger partial charge in [0.2, 0.25) is 0 Å². The molecular weight excluding hydrogens is 372 g/mol. The normalized spacial score (nSPS) is 15.7. The Morgan fingerprint density at radius 3 is 1.38 bits per heavy atom. The standard InChI is InChI=1S/C6H11F6NO5S2Si/c1-4(2,18-21)3-13(19(14,15)5(7,8)9)20(16,17)6(10,11)12/h3H2,1-2,21H3. The van der Waals surface area contributed by atoms with Crippen LogP contribution < -0.4 is 0 Å². The van der Waals surface area contributed by atoms with E-state index in [9.17, 15) is 43.2 Å². The molecule has 0 aromatic heterocycles. The average Bonchev–Trinajstić information content (AvgIpc) is 2.22. The van der Waals surface area contributed by atoms with Gasteiger partial charge in [0.05, 0.1) is 12.1 Å². The molecule has 0 rings (SSSR count). The molecule has 0 aromatic rings. The van der Waals surface area contributed by atoms with Gasteiger partial charge in [0.15, 0.2) is 0 Å². The smallest absolute Gasteiger partial charge is 0.422 e. The molecule has 0 spiro atoms. The minimum absolute atomic E-state index is 0.174. The van der Waals surface area contributed by atoms with Crippen molar-refractivity contribution in [3.63, 3.8) is 0 Å². The van der Waals surface area contributed by atoms with Crippen LogP contribution in [0.15, 0.2) is 0 Å². The number of alkyl halides is 6. The highest BCUT2D eigenvalue weighted by Crippen LogP contribution is 2.36. The van der Waals surface area contributed by atoms with Crippen molar-refractivity contribution in [2.45, 2.75) is 30.5 Å². The van der Waals surface area contributed by atoms with E-state index in [1.54, 1.807) is 0 Å². The van der Waals surface area contributed by atoms with E-state index in [-0.39, 0.29) is 10.5 Å². The third-order valence-electron chi connectivity index (χ3n) is 2.18. The van der Waals surface area contributed by atoms with Crippen LogP contribution in [0.2, 0.25) is 0 Å². The molecule has 0 N–H and O–H groups in total. The number of hydrogen-bond acceptors (Lipinski definition) is 5. The molecular formula is C6H11F6NO5S2Si. The van der Waals surface area contributed by atoms with E-state index in [0.29, 0.717) is 0 Å². The van der Waals surface area contributed by atoms with Gasteiger partial charge in [-0.3, -0.25) is 0 Å². The van der Waals surface area contributed by atoms with Crippen LogP contribution in [0.4, 0.5) is 26.3 Å². The molecule has 15 heteroatoms. The Balaban J connectivity index is 6.23. The van der Waals surface area contributed by atoms with E-state index < -0.39 is 46.9 Å². The van der Waals surface area contributed by atoms with Crippen LogP contribution in [0.1, 0.15) is 13.8 Å². The van der Waals surface area contributed by atoms with Gasteiger partial charge < -0.3 is 4.43 Å². The molecule has 21 heavy (non-hydrogen) atoms. The molecule has 0 saturated carbocycles. The second-order valence-electron chi connectivity index (χ2n) is 4.30. The first kappa shape index (κ1) is 20.6. The van der Waals surface area contributed by atoms with Gasteiger partial charge in [-0.15, -0.1) is 0 Å². The molecule has 0 heterocycles. The van der Waals surface area contributed by atoms with Gasteiger partial charge in [0, 0.05) is 0 Å². The van der Waals surface area contributed by atoms with Crippen LogP contribution in [-0.4, -0.2) is 54.2 Å². The molecule has 0 amide bonds. The minimum atomic E-state index is -6.76. The molecule has 0 radical (unpaired) electrons. The fourth-order valence-corrected chi connectivity index (χ4v) is 4.00. The van der Waals surface area contributed by atoms with Crippen LogP contribution in [0.25, 0.3) is 0 Å². The first-order valence-electron chi connectivity index (χ1n) is 4.86. The molecule has 0 aromatic carbocycles. The summed E-state index contributed by atoms with van der Waals surface area (Å²) in [4.78, 5) is 0. The quantitative estimate of drug-likeness (QED) is 0.496. The topological polar surface area (TPSA) is 80.8 Å². The summed E-state index contributed by atoms with van der Waals surface area (Å²) in [5.74, 6) is 0. The van der Waals surface area contributed by atoms with Crippen LogP contribution in [0, 0.1) is 0 Å². The average molecular weight is 383 g/mol. The Kier molecular flexibility index (Phi) is 5.57. The van der Waals surface area contributed by atoms with Gasteiger partial charge in [-0.05, 0) is 13.8 Å². The molecule has 0 fully saturated rings. The largest absolute Gasteiger partial charge is 0.512 e.